The van der Waals surface area contributed by atoms with Crippen molar-refractivity contribution in [1.29, 1.82) is 0 Å². The van der Waals surface area contributed by atoms with Crippen molar-refractivity contribution in [3.63, 3.8) is 0 Å². The van der Waals surface area contributed by atoms with Crippen LogP contribution in [0.15, 0.2) is 22.7 Å². The molecule has 0 saturated heterocycles. The van der Waals surface area contributed by atoms with E-state index in [4.69, 9.17) is 21.1 Å². The number of carbonyl (C=O) groups is 1. The molecule has 19 heavy (non-hydrogen) atoms. The maximum absolute atomic E-state index is 11.8. The molecule has 0 radical (unpaired) electrons. The minimum absolute atomic E-state index is 0.0214. The maximum Gasteiger partial charge on any atom is 0.328 e. The molecule has 1 aromatic rings. The first-order chi connectivity index (χ1) is 8.99. The van der Waals surface area contributed by atoms with Gasteiger partial charge in [0.05, 0.1) is 18.7 Å². The molecule has 0 bridgehead atoms. The van der Waals surface area contributed by atoms with Crippen LogP contribution in [0.3, 0.4) is 0 Å². The Morgan fingerprint density at radius 2 is 2.16 bits per heavy atom. The number of anilines is 1. The normalized spacial score (nSPS) is 13.7. The van der Waals surface area contributed by atoms with Crippen molar-refractivity contribution in [3.05, 3.63) is 27.7 Å². The smallest absolute Gasteiger partial charge is 0.328 e. The highest BCUT2D eigenvalue weighted by molar-refractivity contribution is 9.10. The van der Waals surface area contributed by atoms with E-state index in [2.05, 4.69) is 21.2 Å². The molecule has 106 valence electrons. The number of carbonyl (C=O) groups excluding carboxylic acids is 1. The van der Waals surface area contributed by atoms with Gasteiger partial charge >= 0.3 is 5.97 Å². The minimum atomic E-state index is -0.474. The quantitative estimate of drug-likeness (QED) is 0.799. The van der Waals surface area contributed by atoms with Gasteiger partial charge in [0.15, 0.2) is 0 Å². The lowest BCUT2D eigenvalue weighted by Gasteiger charge is -2.23. The van der Waals surface area contributed by atoms with Crippen LogP contribution in [-0.2, 0) is 14.3 Å². The average Bonchev–Trinajstić information content (AvgIpc) is 2.39. The van der Waals surface area contributed by atoms with Gasteiger partial charge in [0, 0.05) is 23.2 Å². The van der Waals surface area contributed by atoms with Crippen molar-refractivity contribution in [2.45, 2.75) is 13.0 Å². The van der Waals surface area contributed by atoms with Crippen LogP contribution in [0.4, 0.5) is 5.69 Å². The zero-order chi connectivity index (χ0) is 14.4. The minimum Gasteiger partial charge on any atom is -0.467 e. The first kappa shape index (κ1) is 16.3. The molecule has 2 atom stereocenters. The second kappa shape index (κ2) is 7.72. The number of ether oxygens (including phenoxy) is 2. The third kappa shape index (κ3) is 4.67. The highest BCUT2D eigenvalue weighted by Gasteiger charge is 2.26. The summed E-state index contributed by atoms with van der Waals surface area (Å²) in [6.45, 7) is 2.38. The summed E-state index contributed by atoms with van der Waals surface area (Å²) in [5.41, 5.74) is 0.787. The molecule has 0 fully saturated rings. The fourth-order valence-electron chi connectivity index (χ4n) is 1.69. The van der Waals surface area contributed by atoms with E-state index in [9.17, 15) is 4.79 Å². The van der Waals surface area contributed by atoms with Crippen molar-refractivity contribution < 1.29 is 14.3 Å². The topological polar surface area (TPSA) is 47.6 Å². The van der Waals surface area contributed by atoms with Gasteiger partial charge in [-0.15, -0.1) is 0 Å². The Kier molecular flexibility index (Phi) is 6.62. The molecule has 1 rings (SSSR count). The molecule has 0 aliphatic carbocycles. The Balaban J connectivity index is 2.87. The number of hydrogen-bond donors (Lipinski definition) is 1. The number of halogens is 2. The van der Waals surface area contributed by atoms with Crippen LogP contribution in [0, 0.1) is 5.92 Å². The van der Waals surface area contributed by atoms with Crippen LogP contribution in [0.2, 0.25) is 5.02 Å². The van der Waals surface area contributed by atoms with Crippen LogP contribution in [0.5, 0.6) is 0 Å². The van der Waals surface area contributed by atoms with E-state index in [0.717, 1.165) is 10.2 Å². The van der Waals surface area contributed by atoms with Gasteiger partial charge in [-0.05, 0) is 34.1 Å². The molecular weight excluding hydrogens is 334 g/mol. The van der Waals surface area contributed by atoms with Gasteiger partial charge in [0.1, 0.15) is 6.04 Å². The van der Waals surface area contributed by atoms with Crippen molar-refractivity contribution in [1.82, 2.24) is 0 Å². The van der Waals surface area contributed by atoms with E-state index in [-0.39, 0.29) is 11.9 Å². The molecule has 0 aliphatic heterocycles. The number of hydrogen-bond acceptors (Lipinski definition) is 4. The fraction of sp³-hybridized carbons (Fsp3) is 0.462. The van der Waals surface area contributed by atoms with E-state index >= 15 is 0 Å². The summed E-state index contributed by atoms with van der Waals surface area (Å²) in [4.78, 5) is 11.8. The van der Waals surface area contributed by atoms with Gasteiger partial charge in [-0.3, -0.25) is 0 Å². The lowest BCUT2D eigenvalue weighted by molar-refractivity contribution is -0.143. The molecule has 0 aliphatic rings. The molecule has 2 unspecified atom stereocenters. The zero-order valence-corrected chi connectivity index (χ0v) is 13.4. The van der Waals surface area contributed by atoms with E-state index in [0.29, 0.717) is 11.6 Å². The second-order valence-corrected chi connectivity index (χ2v) is 5.47. The SMILES string of the molecule is COCC(C)C(Nc1ccc(Cl)c(Br)c1)C(=O)OC. The summed E-state index contributed by atoms with van der Waals surface area (Å²) in [6, 6.07) is 4.90. The molecule has 6 heteroatoms. The summed E-state index contributed by atoms with van der Waals surface area (Å²) >= 11 is 9.28. The summed E-state index contributed by atoms with van der Waals surface area (Å²) in [6.07, 6.45) is 0. The van der Waals surface area contributed by atoms with Gasteiger partial charge in [0.2, 0.25) is 0 Å². The summed E-state index contributed by atoms with van der Waals surface area (Å²) in [5.74, 6) is -0.345. The van der Waals surface area contributed by atoms with E-state index in [1.165, 1.54) is 7.11 Å². The van der Waals surface area contributed by atoms with Gasteiger partial charge in [-0.2, -0.15) is 0 Å². The van der Waals surface area contributed by atoms with Crippen LogP contribution >= 0.6 is 27.5 Å². The number of nitrogens with one attached hydrogen (secondary N) is 1. The fourth-order valence-corrected chi connectivity index (χ4v) is 2.18. The van der Waals surface area contributed by atoms with Crippen LogP contribution < -0.4 is 5.32 Å². The monoisotopic (exact) mass is 349 g/mol. The van der Waals surface area contributed by atoms with Crippen molar-refractivity contribution >= 4 is 39.2 Å². The van der Waals surface area contributed by atoms with Crippen LogP contribution in [0.1, 0.15) is 6.92 Å². The molecule has 0 saturated carbocycles. The number of rotatable bonds is 6. The van der Waals surface area contributed by atoms with Crippen LogP contribution in [0.25, 0.3) is 0 Å². The Hall–Kier alpha value is -0.780. The Morgan fingerprint density at radius 1 is 1.47 bits per heavy atom. The number of esters is 1. The van der Waals surface area contributed by atoms with Crippen molar-refractivity contribution in [2.75, 3.05) is 26.1 Å². The van der Waals surface area contributed by atoms with Gasteiger partial charge in [0.25, 0.3) is 0 Å². The molecular formula is C13H17BrClNO3. The largest absolute Gasteiger partial charge is 0.467 e. The van der Waals surface area contributed by atoms with E-state index in [1.807, 2.05) is 19.1 Å². The zero-order valence-electron chi connectivity index (χ0n) is 11.1. The third-order valence-corrected chi connectivity index (χ3v) is 3.91. The molecule has 4 nitrogen and oxygen atoms in total. The van der Waals surface area contributed by atoms with Crippen molar-refractivity contribution in [3.8, 4) is 0 Å². The van der Waals surface area contributed by atoms with Crippen LogP contribution in [-0.4, -0.2) is 32.8 Å². The highest BCUT2D eigenvalue weighted by atomic mass is 79.9. The lowest BCUT2D eigenvalue weighted by Crippen LogP contribution is -2.38. The predicted octanol–water partition coefficient (Wildman–Crippen LogP) is 3.34. The predicted molar refractivity (Wildman–Crippen MR) is 79.6 cm³/mol. The van der Waals surface area contributed by atoms with Gasteiger partial charge in [-0.25, -0.2) is 4.79 Å². The Bertz CT molecular complexity index is 442. The summed E-state index contributed by atoms with van der Waals surface area (Å²) in [5, 5.41) is 3.75. The van der Waals surface area contributed by atoms with Gasteiger partial charge in [-0.1, -0.05) is 18.5 Å². The Morgan fingerprint density at radius 3 is 2.68 bits per heavy atom. The summed E-state index contributed by atoms with van der Waals surface area (Å²) < 4.78 is 10.7. The third-order valence-electron chi connectivity index (χ3n) is 2.70. The first-order valence-electron chi connectivity index (χ1n) is 5.78. The maximum atomic E-state index is 11.8. The van der Waals surface area contributed by atoms with E-state index in [1.54, 1.807) is 13.2 Å². The first-order valence-corrected chi connectivity index (χ1v) is 6.95. The van der Waals surface area contributed by atoms with E-state index < -0.39 is 6.04 Å². The number of methoxy groups -OCH3 is 2. The molecule has 0 amide bonds. The standard InChI is InChI=1S/C13H17BrClNO3/c1-8(7-18-2)12(13(17)19-3)16-9-4-5-11(15)10(14)6-9/h4-6,8,12,16H,7H2,1-3H3. The van der Waals surface area contributed by atoms with Gasteiger partial charge < -0.3 is 14.8 Å². The number of benzene rings is 1. The molecule has 0 heterocycles. The molecule has 1 aromatic carbocycles. The average molecular weight is 351 g/mol. The molecule has 0 aromatic heterocycles. The molecule has 1 N–H and O–H groups in total. The Labute approximate surface area is 126 Å². The highest BCUT2D eigenvalue weighted by Crippen LogP contribution is 2.26. The van der Waals surface area contributed by atoms with Crippen molar-refractivity contribution in [2.24, 2.45) is 5.92 Å². The lowest BCUT2D eigenvalue weighted by atomic mass is 10.0. The molecule has 0 spiro atoms. The summed E-state index contributed by atoms with van der Waals surface area (Å²) in [7, 11) is 2.97. The second-order valence-electron chi connectivity index (χ2n) is 4.21.